The van der Waals surface area contributed by atoms with Gasteiger partial charge in [-0.2, -0.15) is 0 Å². The molecule has 0 spiro atoms. The highest BCUT2D eigenvalue weighted by atomic mass is 14.2. The molecule has 202 valence electrons. The van der Waals surface area contributed by atoms with E-state index in [4.69, 9.17) is 0 Å². The van der Waals surface area contributed by atoms with Crippen molar-refractivity contribution in [1.82, 2.24) is 0 Å². The summed E-state index contributed by atoms with van der Waals surface area (Å²) in [4.78, 5) is 0. The van der Waals surface area contributed by atoms with Crippen LogP contribution >= 0.6 is 0 Å². The van der Waals surface area contributed by atoms with Gasteiger partial charge in [0.15, 0.2) is 0 Å². The van der Waals surface area contributed by atoms with Crippen LogP contribution < -0.4 is 0 Å². The first kappa shape index (κ1) is 35.4. The molecule has 2 aliphatic carbocycles. The highest BCUT2D eigenvalue weighted by molar-refractivity contribution is 5.21. The minimum atomic E-state index is 0. The Morgan fingerprint density at radius 2 is 1.47 bits per heavy atom. The van der Waals surface area contributed by atoms with E-state index in [1.165, 1.54) is 103 Å². The van der Waals surface area contributed by atoms with Crippen molar-refractivity contribution in [2.75, 3.05) is 0 Å². The van der Waals surface area contributed by atoms with Crippen LogP contribution in [0.25, 0.3) is 0 Å². The van der Waals surface area contributed by atoms with Gasteiger partial charge in [0.25, 0.3) is 0 Å². The Morgan fingerprint density at radius 3 is 2.03 bits per heavy atom. The third kappa shape index (κ3) is 16.0. The van der Waals surface area contributed by atoms with E-state index in [1.54, 1.807) is 16.7 Å². The zero-order valence-electron chi connectivity index (χ0n) is 24.3. The first-order valence-electron chi connectivity index (χ1n) is 15.1. The third-order valence-corrected chi connectivity index (χ3v) is 7.82. The molecule has 0 aliphatic heterocycles. The van der Waals surface area contributed by atoms with E-state index < -0.39 is 0 Å². The van der Waals surface area contributed by atoms with Crippen molar-refractivity contribution in [3.8, 4) is 0 Å². The van der Waals surface area contributed by atoms with Crippen molar-refractivity contribution in [3.63, 3.8) is 0 Å². The van der Waals surface area contributed by atoms with Crippen LogP contribution in [0.3, 0.4) is 0 Å². The monoisotopic (exact) mass is 475 g/mol. The van der Waals surface area contributed by atoms with E-state index in [1.807, 2.05) is 27.7 Å². The average Bonchev–Trinajstić information content (AvgIpc) is 2.83. The van der Waals surface area contributed by atoms with Gasteiger partial charge in [0.1, 0.15) is 0 Å². The molecule has 0 saturated heterocycles. The Morgan fingerprint density at radius 1 is 0.824 bits per heavy atom. The van der Waals surface area contributed by atoms with Crippen LogP contribution in [0.5, 0.6) is 0 Å². The summed E-state index contributed by atoms with van der Waals surface area (Å²) in [6.45, 7) is 17.4. The topological polar surface area (TPSA) is 0 Å². The van der Waals surface area contributed by atoms with Crippen molar-refractivity contribution >= 4 is 0 Å². The van der Waals surface area contributed by atoms with Gasteiger partial charge in [-0.25, -0.2) is 0 Å². The van der Waals surface area contributed by atoms with Crippen molar-refractivity contribution in [2.24, 2.45) is 17.8 Å². The van der Waals surface area contributed by atoms with Crippen LogP contribution in [-0.2, 0) is 0 Å². The Labute approximate surface area is 218 Å². The van der Waals surface area contributed by atoms with E-state index in [-0.39, 0.29) is 7.43 Å². The normalized spacial score (nSPS) is 18.5. The molecule has 0 N–H and O–H groups in total. The van der Waals surface area contributed by atoms with E-state index in [2.05, 4.69) is 45.9 Å². The molecule has 2 rings (SSSR count). The molecule has 34 heavy (non-hydrogen) atoms. The maximum Gasteiger partial charge on any atom is -0.0165 e. The molecule has 2 fully saturated rings. The van der Waals surface area contributed by atoms with Crippen LogP contribution in [-0.4, -0.2) is 0 Å². The Kier molecular flexibility index (Phi) is 24.9. The van der Waals surface area contributed by atoms with Crippen molar-refractivity contribution < 1.29 is 0 Å². The van der Waals surface area contributed by atoms with Gasteiger partial charge in [-0.05, 0) is 89.0 Å². The summed E-state index contributed by atoms with van der Waals surface area (Å²) in [5.41, 5.74) is 4.93. The SMILES string of the molecule is C.C/C=C(\C=C/CCC(C)C/C(C)=C(/C)CCCCCC1CCC1)C1CCCCC1.CC.CC. The quantitative estimate of drug-likeness (QED) is 0.141. The molecule has 0 heteroatoms. The van der Waals surface area contributed by atoms with Gasteiger partial charge in [0.05, 0.1) is 0 Å². The molecule has 1 unspecified atom stereocenters. The van der Waals surface area contributed by atoms with Crippen LogP contribution in [0.1, 0.15) is 166 Å². The van der Waals surface area contributed by atoms with Gasteiger partial charge in [0, 0.05) is 0 Å². The zero-order valence-corrected chi connectivity index (χ0v) is 24.3. The molecule has 0 aromatic rings. The molecule has 2 aliphatic rings. The second-order valence-electron chi connectivity index (χ2n) is 10.4. The van der Waals surface area contributed by atoms with Crippen LogP contribution in [0, 0.1) is 17.8 Å². The minimum Gasteiger partial charge on any atom is -0.0843 e. The highest BCUT2D eigenvalue weighted by Crippen LogP contribution is 2.32. The fourth-order valence-corrected chi connectivity index (χ4v) is 5.30. The molecule has 0 radical (unpaired) electrons. The molecule has 0 aromatic heterocycles. The molecule has 0 aromatic carbocycles. The predicted octanol–water partition coefficient (Wildman–Crippen LogP) is 12.7. The summed E-state index contributed by atoms with van der Waals surface area (Å²) in [5.74, 6) is 2.73. The highest BCUT2D eigenvalue weighted by Gasteiger charge is 2.16. The Hall–Kier alpha value is -0.780. The Bertz CT molecular complexity index is 522. The van der Waals surface area contributed by atoms with Crippen LogP contribution in [0.2, 0.25) is 0 Å². The average molecular weight is 475 g/mol. The summed E-state index contributed by atoms with van der Waals surface area (Å²) in [6, 6.07) is 0. The minimum absolute atomic E-state index is 0. The number of hydrogen-bond acceptors (Lipinski definition) is 0. The van der Waals surface area contributed by atoms with E-state index in [0.29, 0.717) is 0 Å². The van der Waals surface area contributed by atoms with Gasteiger partial charge in [-0.15, -0.1) is 0 Å². The van der Waals surface area contributed by atoms with E-state index in [0.717, 1.165) is 17.8 Å². The van der Waals surface area contributed by atoms with Gasteiger partial charge in [0.2, 0.25) is 0 Å². The fraction of sp³-hybridized carbons (Fsp3) is 0.824. The van der Waals surface area contributed by atoms with Crippen molar-refractivity contribution in [2.45, 2.75) is 166 Å². The second-order valence-corrected chi connectivity index (χ2v) is 10.4. The first-order chi connectivity index (χ1) is 16.1. The lowest BCUT2D eigenvalue weighted by Gasteiger charge is -2.25. The molecule has 0 heterocycles. The van der Waals surface area contributed by atoms with Gasteiger partial charge in [-0.1, -0.05) is 129 Å². The molecule has 0 amide bonds. The lowest BCUT2D eigenvalue weighted by molar-refractivity contribution is 0.286. The van der Waals surface area contributed by atoms with E-state index >= 15 is 0 Å². The summed E-state index contributed by atoms with van der Waals surface area (Å²) in [7, 11) is 0. The molecule has 1 atom stereocenters. The summed E-state index contributed by atoms with van der Waals surface area (Å²) < 4.78 is 0. The van der Waals surface area contributed by atoms with Crippen molar-refractivity contribution in [3.05, 3.63) is 34.9 Å². The number of hydrogen-bond donors (Lipinski definition) is 0. The van der Waals surface area contributed by atoms with Crippen molar-refractivity contribution in [1.29, 1.82) is 0 Å². The molecular weight excluding hydrogens is 408 g/mol. The first-order valence-corrected chi connectivity index (χ1v) is 15.1. The molecule has 2 saturated carbocycles. The lowest BCUT2D eigenvalue weighted by Crippen LogP contribution is -2.10. The lowest BCUT2D eigenvalue weighted by atomic mass is 9.81. The summed E-state index contributed by atoms with van der Waals surface area (Å²) in [5, 5.41) is 0. The summed E-state index contributed by atoms with van der Waals surface area (Å²) >= 11 is 0. The maximum absolute atomic E-state index is 2.45. The molecule has 0 bridgehead atoms. The number of allylic oxidation sites excluding steroid dienone is 6. The van der Waals surface area contributed by atoms with Gasteiger partial charge < -0.3 is 0 Å². The number of unbranched alkanes of at least 4 members (excludes halogenated alkanes) is 2. The van der Waals surface area contributed by atoms with E-state index in [9.17, 15) is 0 Å². The second kappa shape index (κ2) is 23.9. The van der Waals surface area contributed by atoms with Gasteiger partial charge >= 0.3 is 0 Å². The number of rotatable bonds is 13. The predicted molar refractivity (Wildman–Crippen MR) is 161 cm³/mol. The zero-order chi connectivity index (χ0) is 24.9. The largest absolute Gasteiger partial charge is 0.0843 e. The fourth-order valence-electron chi connectivity index (χ4n) is 5.30. The molecule has 0 nitrogen and oxygen atoms in total. The van der Waals surface area contributed by atoms with Gasteiger partial charge in [-0.3, -0.25) is 0 Å². The smallest absolute Gasteiger partial charge is 0.0165 e. The third-order valence-electron chi connectivity index (χ3n) is 7.82. The Balaban J connectivity index is 0. The standard InChI is InChI=1S/C29H50.2C2H6.CH4/c1-5-28(29-21-10-7-11-22-29)20-13-12-15-24(2)23-26(4)25(3)16-8-6-9-17-27-18-14-19-27;2*1-2;/h5,13,20,24,27,29H,6-12,14-19,21-23H2,1-4H3;2*1-2H3;1H4/b20-13-,26-25-,28-5+;;;. The maximum atomic E-state index is 2.45. The summed E-state index contributed by atoms with van der Waals surface area (Å²) in [6.07, 6.45) is 29.9. The van der Waals surface area contributed by atoms with Crippen LogP contribution in [0.15, 0.2) is 34.9 Å². The van der Waals surface area contributed by atoms with Crippen LogP contribution in [0.4, 0.5) is 0 Å². The molecular formula is C34H66.